The van der Waals surface area contributed by atoms with Gasteiger partial charge < -0.3 is 18.9 Å². The Bertz CT molecular complexity index is 1420. The molecule has 0 rings (SSSR count). The van der Waals surface area contributed by atoms with Crippen LogP contribution in [0.5, 0.6) is 0 Å². The quantitative estimate of drug-likeness (QED) is 0.0211. The molecule has 0 saturated carbocycles. The van der Waals surface area contributed by atoms with Crippen molar-refractivity contribution in [2.45, 2.75) is 225 Å². The van der Waals surface area contributed by atoms with Crippen LogP contribution in [-0.2, 0) is 32.7 Å². The summed E-state index contributed by atoms with van der Waals surface area (Å²) in [4.78, 5) is 35.6. The summed E-state index contributed by atoms with van der Waals surface area (Å²) in [5, 5.41) is 0. The molecule has 0 spiro atoms. The summed E-state index contributed by atoms with van der Waals surface area (Å²) < 4.78 is 34.4. The van der Waals surface area contributed by atoms with Crippen molar-refractivity contribution in [1.82, 2.24) is 0 Å². The Morgan fingerprint density at radius 2 is 0.868 bits per heavy atom. The van der Waals surface area contributed by atoms with E-state index in [1.54, 1.807) is 0 Å². The zero-order valence-corrected chi connectivity index (χ0v) is 45.2. The maximum atomic E-state index is 12.7. The molecule has 0 aromatic carbocycles. The molecule has 0 bridgehead atoms. The van der Waals surface area contributed by atoms with Crippen LogP contribution in [0.2, 0.25) is 0 Å². The molecule has 0 saturated heterocycles. The molecule has 0 radical (unpaired) electrons. The van der Waals surface area contributed by atoms with Gasteiger partial charge in [0, 0.05) is 12.8 Å². The number of hydrogen-bond donors (Lipinski definition) is 1. The molecule has 1 N–H and O–H groups in total. The third-order valence-corrected chi connectivity index (χ3v) is 12.4. The van der Waals surface area contributed by atoms with Crippen molar-refractivity contribution in [3.63, 3.8) is 0 Å². The molecule has 10 heteroatoms. The number of nitrogens with zero attached hydrogens (tertiary/aromatic N) is 1. The standard InChI is InChI=1S/C58H102NO8P/c1-6-8-10-12-14-16-18-20-22-24-26-27-28-29-30-31-33-34-36-38-40-42-44-46-48-50-57(60)64-54-56(55-66-68(62,63)65-53-52-59(3,4)5)67-58(61)51-49-47-45-43-41-39-37-35-32-25-23-21-19-17-15-13-11-9-7-2/h9,11,15,17,21,23-24,26,32,35,39,41,45,47,56H,6-8,10,12-14,16,18-20,22,25,27-31,33-34,36-38,40,42-44,46,48-55H2,1-5H3/p+1/b11-9-,17-15-,23-21-,26-24-,35-32-,41-39-,47-45-. The van der Waals surface area contributed by atoms with Crippen molar-refractivity contribution < 1.29 is 42.1 Å². The lowest BCUT2D eigenvalue weighted by molar-refractivity contribution is -0.870. The van der Waals surface area contributed by atoms with Crippen LogP contribution >= 0.6 is 7.82 Å². The first-order valence-electron chi connectivity index (χ1n) is 27.3. The van der Waals surface area contributed by atoms with Crippen molar-refractivity contribution in [1.29, 1.82) is 0 Å². The fourth-order valence-electron chi connectivity index (χ4n) is 7.21. The summed E-state index contributed by atoms with van der Waals surface area (Å²) in [7, 11) is 1.42. The van der Waals surface area contributed by atoms with Gasteiger partial charge in [0.1, 0.15) is 19.8 Å². The Labute approximate surface area is 418 Å². The van der Waals surface area contributed by atoms with E-state index in [1.807, 2.05) is 33.3 Å². The molecule has 0 aliphatic rings. The van der Waals surface area contributed by atoms with Crippen LogP contribution < -0.4 is 0 Å². The fourth-order valence-corrected chi connectivity index (χ4v) is 7.95. The van der Waals surface area contributed by atoms with Gasteiger partial charge in [-0.1, -0.05) is 214 Å². The number of likely N-dealkylation sites (N-methyl/N-ethyl adjacent to an activating group) is 1. The number of quaternary nitrogens is 1. The first kappa shape index (κ1) is 65.2. The highest BCUT2D eigenvalue weighted by Gasteiger charge is 2.27. The van der Waals surface area contributed by atoms with Crippen LogP contribution in [0.25, 0.3) is 0 Å². The topological polar surface area (TPSA) is 108 Å². The van der Waals surface area contributed by atoms with E-state index in [1.165, 1.54) is 128 Å². The number of ether oxygens (including phenoxy) is 2. The van der Waals surface area contributed by atoms with Crippen LogP contribution in [0.1, 0.15) is 219 Å². The highest BCUT2D eigenvalue weighted by Crippen LogP contribution is 2.43. The first-order chi connectivity index (χ1) is 33.0. The average Bonchev–Trinajstić information content (AvgIpc) is 3.30. The fraction of sp³-hybridized carbons (Fsp3) is 0.724. The van der Waals surface area contributed by atoms with E-state index in [2.05, 4.69) is 86.8 Å². The van der Waals surface area contributed by atoms with Crippen molar-refractivity contribution in [3.8, 4) is 0 Å². The second-order valence-electron chi connectivity index (χ2n) is 19.2. The maximum Gasteiger partial charge on any atom is 0.472 e. The van der Waals surface area contributed by atoms with Crippen molar-refractivity contribution in [2.75, 3.05) is 47.5 Å². The highest BCUT2D eigenvalue weighted by atomic mass is 31.2. The number of allylic oxidation sites excluding steroid dienone is 14. The number of esters is 2. The van der Waals surface area contributed by atoms with Gasteiger partial charge in [-0.3, -0.25) is 18.6 Å². The van der Waals surface area contributed by atoms with Crippen LogP contribution in [0.3, 0.4) is 0 Å². The molecule has 0 aliphatic carbocycles. The second kappa shape index (κ2) is 49.2. The van der Waals surface area contributed by atoms with Crippen molar-refractivity contribution >= 4 is 19.8 Å². The molecular weight excluding hydrogens is 870 g/mol. The summed E-state index contributed by atoms with van der Waals surface area (Å²) >= 11 is 0. The third-order valence-electron chi connectivity index (χ3n) is 11.4. The van der Waals surface area contributed by atoms with Gasteiger partial charge in [-0.15, -0.1) is 0 Å². The van der Waals surface area contributed by atoms with Gasteiger partial charge in [0.25, 0.3) is 0 Å². The summed E-state index contributed by atoms with van der Waals surface area (Å²) in [6.07, 6.45) is 65.3. The monoisotopic (exact) mass is 973 g/mol. The molecule has 392 valence electrons. The lowest BCUT2D eigenvalue weighted by atomic mass is 10.0. The first-order valence-corrected chi connectivity index (χ1v) is 28.8. The molecule has 0 heterocycles. The predicted octanol–water partition coefficient (Wildman–Crippen LogP) is 16.7. The Balaban J connectivity index is 4.27. The Kier molecular flexibility index (Phi) is 47.2. The van der Waals surface area contributed by atoms with Gasteiger partial charge in [0.15, 0.2) is 6.10 Å². The summed E-state index contributed by atoms with van der Waals surface area (Å²) in [6.45, 7) is 4.23. The molecule has 68 heavy (non-hydrogen) atoms. The highest BCUT2D eigenvalue weighted by molar-refractivity contribution is 7.47. The molecule has 9 nitrogen and oxygen atoms in total. The molecule has 0 aliphatic heterocycles. The Morgan fingerprint density at radius 3 is 1.31 bits per heavy atom. The van der Waals surface area contributed by atoms with E-state index in [-0.39, 0.29) is 32.0 Å². The summed E-state index contributed by atoms with van der Waals surface area (Å²) in [5.41, 5.74) is 0. The zero-order chi connectivity index (χ0) is 49.9. The summed E-state index contributed by atoms with van der Waals surface area (Å²) in [5.74, 6) is -0.896. The van der Waals surface area contributed by atoms with Gasteiger partial charge in [0.2, 0.25) is 0 Å². The number of phosphoric acid groups is 1. The van der Waals surface area contributed by atoms with Gasteiger partial charge in [-0.25, -0.2) is 4.57 Å². The van der Waals surface area contributed by atoms with Gasteiger partial charge in [-0.05, 0) is 77.0 Å². The molecular formula is C58H103NO8P+. The number of rotatable bonds is 49. The molecule has 2 unspecified atom stereocenters. The average molecular weight is 973 g/mol. The smallest absolute Gasteiger partial charge is 0.462 e. The van der Waals surface area contributed by atoms with E-state index in [0.29, 0.717) is 17.4 Å². The van der Waals surface area contributed by atoms with Crippen LogP contribution in [0.15, 0.2) is 85.1 Å². The molecule has 0 fully saturated rings. The van der Waals surface area contributed by atoms with Crippen LogP contribution in [0.4, 0.5) is 0 Å². The van der Waals surface area contributed by atoms with E-state index in [4.69, 9.17) is 18.5 Å². The van der Waals surface area contributed by atoms with Crippen LogP contribution in [-0.4, -0.2) is 74.9 Å². The SMILES string of the molecule is CC/C=C\C/C=C\C/C=C\C/C=C\C/C=C\C/C=C\CCC(=O)OC(COC(=O)CCCCCCCCCCCCCCC/C=C\CCCCCCCCCC)COP(=O)(O)OCC[N+](C)(C)C. The third kappa shape index (κ3) is 52.6. The maximum absolute atomic E-state index is 12.7. The second-order valence-corrected chi connectivity index (χ2v) is 20.7. The van der Waals surface area contributed by atoms with Gasteiger partial charge in [0.05, 0.1) is 27.7 Å². The predicted molar refractivity (Wildman–Crippen MR) is 289 cm³/mol. The van der Waals surface area contributed by atoms with Gasteiger partial charge in [-0.2, -0.15) is 0 Å². The number of hydrogen-bond acceptors (Lipinski definition) is 7. The number of carbonyl (C=O) groups is 2. The normalized spacial score (nSPS) is 14.0. The minimum absolute atomic E-state index is 0.0146. The molecule has 0 aromatic heterocycles. The molecule has 0 amide bonds. The Hall–Kier alpha value is -2.81. The largest absolute Gasteiger partial charge is 0.472 e. The number of carbonyl (C=O) groups excluding carboxylic acids is 2. The van der Waals surface area contributed by atoms with E-state index in [0.717, 1.165) is 57.8 Å². The molecule has 2 atom stereocenters. The van der Waals surface area contributed by atoms with Crippen molar-refractivity contribution in [3.05, 3.63) is 85.1 Å². The molecule has 0 aromatic rings. The number of phosphoric ester groups is 1. The van der Waals surface area contributed by atoms with Crippen molar-refractivity contribution in [2.24, 2.45) is 0 Å². The lowest BCUT2D eigenvalue weighted by Crippen LogP contribution is -2.37. The van der Waals surface area contributed by atoms with Crippen LogP contribution in [0, 0.1) is 0 Å². The van der Waals surface area contributed by atoms with E-state index < -0.39 is 26.5 Å². The van der Waals surface area contributed by atoms with E-state index in [9.17, 15) is 19.0 Å². The summed E-state index contributed by atoms with van der Waals surface area (Å²) in [6, 6.07) is 0. The minimum atomic E-state index is -4.41. The number of unbranched alkanes of at least 4 members (excludes halogenated alkanes) is 21. The van der Waals surface area contributed by atoms with E-state index >= 15 is 0 Å². The minimum Gasteiger partial charge on any atom is -0.462 e. The zero-order valence-electron chi connectivity index (χ0n) is 44.3. The Morgan fingerprint density at radius 1 is 0.471 bits per heavy atom. The lowest BCUT2D eigenvalue weighted by Gasteiger charge is -2.24. The van der Waals surface area contributed by atoms with Gasteiger partial charge >= 0.3 is 19.8 Å².